The van der Waals surface area contributed by atoms with Gasteiger partial charge < -0.3 is 9.80 Å². The van der Waals surface area contributed by atoms with Gasteiger partial charge in [0, 0.05) is 38.3 Å². The van der Waals surface area contributed by atoms with Crippen molar-refractivity contribution in [3.8, 4) is 0 Å². The lowest BCUT2D eigenvalue weighted by Crippen LogP contribution is -2.36. The minimum atomic E-state index is -4.42. The van der Waals surface area contributed by atoms with Crippen LogP contribution in [-0.2, 0) is 11.0 Å². The molecule has 2 heterocycles. The Hall–Kier alpha value is -1.79. The number of rotatable bonds is 2. The number of alkyl halides is 3. The number of aromatic nitrogens is 1. The molecule has 2 fully saturated rings. The predicted molar refractivity (Wildman–Crippen MR) is 75.4 cm³/mol. The predicted octanol–water partition coefficient (Wildman–Crippen LogP) is 2.55. The molecular formula is C15H18F3N3O. The third kappa shape index (κ3) is 3.18. The molecule has 0 radical (unpaired) electrons. The van der Waals surface area contributed by atoms with Crippen molar-refractivity contribution in [3.63, 3.8) is 0 Å². The zero-order chi connectivity index (χ0) is 15.7. The zero-order valence-electron chi connectivity index (χ0n) is 12.1. The second-order valence-corrected chi connectivity index (χ2v) is 5.81. The molecule has 3 rings (SSSR count). The molecule has 0 bridgehead atoms. The van der Waals surface area contributed by atoms with Gasteiger partial charge in [-0.2, -0.15) is 13.2 Å². The van der Waals surface area contributed by atoms with Crippen LogP contribution in [0.3, 0.4) is 0 Å². The van der Waals surface area contributed by atoms with Crippen LogP contribution < -0.4 is 4.90 Å². The van der Waals surface area contributed by atoms with E-state index < -0.39 is 11.7 Å². The number of carbonyl (C=O) groups is 1. The van der Waals surface area contributed by atoms with Crippen molar-refractivity contribution in [1.29, 1.82) is 0 Å². The summed E-state index contributed by atoms with van der Waals surface area (Å²) in [5.74, 6) is 0.266. The number of halogens is 3. The summed E-state index contributed by atoms with van der Waals surface area (Å²) < 4.78 is 39.3. The van der Waals surface area contributed by atoms with E-state index in [1.807, 2.05) is 0 Å². The molecule has 1 aromatic heterocycles. The topological polar surface area (TPSA) is 36.4 Å². The van der Waals surface area contributed by atoms with Crippen LogP contribution in [-0.4, -0.2) is 42.0 Å². The van der Waals surface area contributed by atoms with Crippen LogP contribution in [0.15, 0.2) is 18.3 Å². The number of carbonyl (C=O) groups excluding carboxylic acids is 1. The van der Waals surface area contributed by atoms with Gasteiger partial charge >= 0.3 is 6.18 Å². The van der Waals surface area contributed by atoms with Gasteiger partial charge in [0.05, 0.1) is 5.56 Å². The quantitative estimate of drug-likeness (QED) is 0.842. The Balaban J connectivity index is 1.75. The Morgan fingerprint density at radius 3 is 2.64 bits per heavy atom. The highest BCUT2D eigenvalue weighted by atomic mass is 19.4. The molecule has 7 heteroatoms. The summed E-state index contributed by atoms with van der Waals surface area (Å²) in [6, 6.07) is 2.35. The lowest BCUT2D eigenvalue weighted by atomic mass is 10.2. The van der Waals surface area contributed by atoms with Crippen molar-refractivity contribution in [3.05, 3.63) is 23.9 Å². The maximum atomic E-state index is 13.1. The molecule has 1 saturated carbocycles. The summed E-state index contributed by atoms with van der Waals surface area (Å²) in [5.41, 5.74) is -0.711. The fourth-order valence-electron chi connectivity index (χ4n) is 2.81. The van der Waals surface area contributed by atoms with Gasteiger partial charge in [0.1, 0.15) is 5.82 Å². The van der Waals surface area contributed by atoms with Crippen LogP contribution in [0.4, 0.5) is 19.0 Å². The summed E-state index contributed by atoms with van der Waals surface area (Å²) in [6.45, 7) is 1.94. The molecule has 1 aromatic rings. The molecule has 1 saturated heterocycles. The highest BCUT2D eigenvalue weighted by Crippen LogP contribution is 2.36. The summed E-state index contributed by atoms with van der Waals surface area (Å²) >= 11 is 0. The van der Waals surface area contributed by atoms with E-state index in [4.69, 9.17) is 0 Å². The summed E-state index contributed by atoms with van der Waals surface area (Å²) in [7, 11) is 0. The van der Waals surface area contributed by atoms with Crippen molar-refractivity contribution >= 4 is 11.7 Å². The lowest BCUT2D eigenvalue weighted by molar-refractivity contribution is -0.137. The highest BCUT2D eigenvalue weighted by Gasteiger charge is 2.37. The molecule has 0 unspecified atom stereocenters. The van der Waals surface area contributed by atoms with Crippen LogP contribution in [0.2, 0.25) is 0 Å². The van der Waals surface area contributed by atoms with E-state index in [1.165, 1.54) is 12.3 Å². The number of amides is 1. The number of hydrogen-bond acceptors (Lipinski definition) is 3. The van der Waals surface area contributed by atoms with E-state index in [0.717, 1.165) is 18.9 Å². The van der Waals surface area contributed by atoms with E-state index in [0.29, 0.717) is 32.6 Å². The van der Waals surface area contributed by atoms with Gasteiger partial charge in [0.25, 0.3) is 0 Å². The molecule has 1 aliphatic carbocycles. The smallest absolute Gasteiger partial charge is 0.354 e. The number of anilines is 1. The van der Waals surface area contributed by atoms with Gasteiger partial charge in [0.15, 0.2) is 0 Å². The molecule has 1 aliphatic heterocycles. The van der Waals surface area contributed by atoms with Gasteiger partial charge in [-0.25, -0.2) is 4.98 Å². The largest absolute Gasteiger partial charge is 0.419 e. The molecule has 0 spiro atoms. The monoisotopic (exact) mass is 313 g/mol. The van der Waals surface area contributed by atoms with Crippen molar-refractivity contribution in [2.24, 2.45) is 5.92 Å². The van der Waals surface area contributed by atoms with E-state index >= 15 is 0 Å². The first-order chi connectivity index (χ1) is 10.5. The van der Waals surface area contributed by atoms with Crippen LogP contribution >= 0.6 is 0 Å². The lowest BCUT2D eigenvalue weighted by Gasteiger charge is -2.25. The first-order valence-corrected chi connectivity index (χ1v) is 7.53. The molecule has 120 valence electrons. The Morgan fingerprint density at radius 2 is 1.95 bits per heavy atom. The first-order valence-electron chi connectivity index (χ1n) is 7.53. The van der Waals surface area contributed by atoms with Crippen LogP contribution in [0.5, 0.6) is 0 Å². The third-order valence-corrected chi connectivity index (χ3v) is 4.13. The van der Waals surface area contributed by atoms with Crippen molar-refractivity contribution in [2.75, 3.05) is 31.1 Å². The summed E-state index contributed by atoms with van der Waals surface area (Å²) in [6.07, 6.45) is -0.497. The van der Waals surface area contributed by atoms with E-state index in [9.17, 15) is 18.0 Å². The number of nitrogens with zero attached hydrogens (tertiary/aromatic N) is 3. The molecular weight excluding hydrogens is 295 g/mol. The standard InChI is InChI=1S/C15H18F3N3O/c16-15(17,18)12-3-1-6-19-13(12)20-7-2-8-21(10-9-20)14(22)11-4-5-11/h1,3,6,11H,2,4-5,7-10H2. The molecule has 4 nitrogen and oxygen atoms in total. The summed E-state index contributed by atoms with van der Waals surface area (Å²) in [5, 5.41) is 0. The molecule has 2 aliphatic rings. The SMILES string of the molecule is O=C(C1CC1)N1CCCN(c2ncccc2C(F)(F)F)CC1. The second-order valence-electron chi connectivity index (χ2n) is 5.81. The van der Waals surface area contributed by atoms with Gasteiger partial charge in [0.2, 0.25) is 5.91 Å². The van der Waals surface area contributed by atoms with E-state index in [-0.39, 0.29) is 17.6 Å². The van der Waals surface area contributed by atoms with Crippen LogP contribution in [0, 0.1) is 5.92 Å². The Kier molecular flexibility index (Phi) is 3.97. The minimum Gasteiger partial charge on any atom is -0.354 e. The van der Waals surface area contributed by atoms with Gasteiger partial charge in [-0.3, -0.25) is 4.79 Å². The Labute approximate surface area is 126 Å². The van der Waals surface area contributed by atoms with Crippen molar-refractivity contribution in [1.82, 2.24) is 9.88 Å². The van der Waals surface area contributed by atoms with Crippen molar-refractivity contribution in [2.45, 2.75) is 25.4 Å². The molecule has 1 amide bonds. The molecule has 0 atom stereocenters. The molecule has 0 N–H and O–H groups in total. The van der Waals surface area contributed by atoms with E-state index in [1.54, 1.807) is 9.80 Å². The fraction of sp³-hybridized carbons (Fsp3) is 0.600. The maximum Gasteiger partial charge on any atom is 0.419 e. The Morgan fingerprint density at radius 1 is 1.18 bits per heavy atom. The zero-order valence-corrected chi connectivity index (χ0v) is 12.1. The minimum absolute atomic E-state index is 0.0317. The third-order valence-electron chi connectivity index (χ3n) is 4.13. The Bertz CT molecular complexity index is 557. The normalized spacial score (nSPS) is 20.0. The van der Waals surface area contributed by atoms with Gasteiger partial charge in [-0.1, -0.05) is 0 Å². The first kappa shape index (κ1) is 15.1. The van der Waals surface area contributed by atoms with E-state index in [2.05, 4.69) is 4.98 Å². The fourth-order valence-corrected chi connectivity index (χ4v) is 2.81. The number of hydrogen-bond donors (Lipinski definition) is 0. The van der Waals surface area contributed by atoms with Crippen molar-refractivity contribution < 1.29 is 18.0 Å². The average Bonchev–Trinajstić information content (AvgIpc) is 3.32. The maximum absolute atomic E-state index is 13.1. The van der Waals surface area contributed by atoms with Crippen LogP contribution in [0.1, 0.15) is 24.8 Å². The van der Waals surface area contributed by atoms with Gasteiger partial charge in [-0.15, -0.1) is 0 Å². The average molecular weight is 313 g/mol. The van der Waals surface area contributed by atoms with Crippen LogP contribution in [0.25, 0.3) is 0 Å². The molecule has 0 aromatic carbocycles. The van der Waals surface area contributed by atoms with Gasteiger partial charge in [-0.05, 0) is 31.4 Å². The summed E-state index contributed by atoms with van der Waals surface area (Å²) in [4.78, 5) is 19.5. The molecule has 22 heavy (non-hydrogen) atoms. The highest BCUT2D eigenvalue weighted by molar-refractivity contribution is 5.81. The number of pyridine rings is 1. The second kappa shape index (κ2) is 5.78.